The number of nitrogens with zero attached hydrogens (tertiary/aromatic N) is 3. The van der Waals surface area contributed by atoms with Crippen LogP contribution in [0.3, 0.4) is 0 Å². The topological polar surface area (TPSA) is 48.2 Å². The predicted octanol–water partition coefficient (Wildman–Crippen LogP) is 0.914. The van der Waals surface area contributed by atoms with Gasteiger partial charge in [0, 0.05) is 19.6 Å². The molecule has 0 saturated carbocycles. The van der Waals surface area contributed by atoms with Crippen molar-refractivity contribution in [3.63, 3.8) is 0 Å². The third-order valence-corrected chi connectivity index (χ3v) is 2.57. The summed E-state index contributed by atoms with van der Waals surface area (Å²) >= 11 is 0. The van der Waals surface area contributed by atoms with Crippen LogP contribution in [0, 0.1) is 0 Å². The maximum absolute atomic E-state index is 9.56. The summed E-state index contributed by atoms with van der Waals surface area (Å²) < 4.78 is 0. The molecule has 0 amide bonds. The summed E-state index contributed by atoms with van der Waals surface area (Å²) in [7, 11) is 1.63. The molecule has 13 heavy (non-hydrogen) atoms. The van der Waals surface area contributed by atoms with Gasteiger partial charge in [-0.2, -0.15) is 10.2 Å². The molecule has 0 aromatic carbocycles. The molecule has 1 unspecified atom stereocenters. The Kier molecular flexibility index (Phi) is 4.32. The lowest BCUT2D eigenvalue weighted by atomic mass is 10.2. The van der Waals surface area contributed by atoms with Crippen molar-refractivity contribution >= 4 is 0 Å². The van der Waals surface area contributed by atoms with Crippen molar-refractivity contribution in [2.24, 2.45) is 10.2 Å². The minimum Gasteiger partial charge on any atom is -0.390 e. The summed E-state index contributed by atoms with van der Waals surface area (Å²) in [4.78, 5) is 2.32. The molecule has 1 saturated heterocycles. The zero-order valence-electron chi connectivity index (χ0n) is 8.48. The smallest absolute Gasteiger partial charge is 0.0880 e. The Labute approximate surface area is 79.7 Å². The molecule has 0 spiro atoms. The van der Waals surface area contributed by atoms with Gasteiger partial charge in [0.25, 0.3) is 0 Å². The minimum atomic E-state index is -0.357. The molecule has 1 aliphatic heterocycles. The maximum Gasteiger partial charge on any atom is 0.0880 e. The van der Waals surface area contributed by atoms with Crippen LogP contribution in [0.2, 0.25) is 0 Å². The fourth-order valence-corrected chi connectivity index (χ4v) is 1.77. The van der Waals surface area contributed by atoms with Crippen molar-refractivity contribution in [2.45, 2.75) is 31.9 Å². The van der Waals surface area contributed by atoms with Crippen molar-refractivity contribution in [3.05, 3.63) is 0 Å². The summed E-state index contributed by atoms with van der Waals surface area (Å²) in [6.45, 7) is 4.49. The molecule has 4 heteroatoms. The van der Waals surface area contributed by atoms with E-state index < -0.39 is 0 Å². The number of aliphatic hydroxyl groups excluding tert-OH is 1. The van der Waals surface area contributed by atoms with Gasteiger partial charge in [-0.15, -0.1) is 0 Å². The molecule has 0 aromatic heterocycles. The van der Waals surface area contributed by atoms with E-state index in [9.17, 15) is 5.11 Å². The lowest BCUT2D eigenvalue weighted by Crippen LogP contribution is -2.35. The summed E-state index contributed by atoms with van der Waals surface area (Å²) in [5.41, 5.74) is 0. The van der Waals surface area contributed by atoms with Crippen LogP contribution in [-0.4, -0.2) is 48.8 Å². The van der Waals surface area contributed by atoms with Gasteiger partial charge in [-0.3, -0.25) is 4.90 Å². The highest BCUT2D eigenvalue weighted by molar-refractivity contribution is 4.77. The molecule has 0 radical (unpaired) electrons. The second-order valence-electron chi connectivity index (χ2n) is 3.66. The third kappa shape index (κ3) is 3.40. The monoisotopic (exact) mass is 185 g/mol. The fraction of sp³-hybridized carbons (Fsp3) is 1.00. The Morgan fingerprint density at radius 3 is 2.92 bits per heavy atom. The SMILES string of the molecule is CN=NC[C@@H](O)CN1CCCC1C. The number of likely N-dealkylation sites (tertiary alicyclic amines) is 1. The van der Waals surface area contributed by atoms with E-state index in [2.05, 4.69) is 22.1 Å². The Hall–Kier alpha value is -0.480. The van der Waals surface area contributed by atoms with Crippen LogP contribution >= 0.6 is 0 Å². The number of rotatable bonds is 4. The van der Waals surface area contributed by atoms with Gasteiger partial charge in [-0.25, -0.2) is 0 Å². The number of hydrogen-bond acceptors (Lipinski definition) is 4. The first-order valence-electron chi connectivity index (χ1n) is 4.91. The summed E-state index contributed by atoms with van der Waals surface area (Å²) in [6, 6.07) is 0.619. The van der Waals surface area contributed by atoms with E-state index in [-0.39, 0.29) is 6.10 Å². The molecule has 0 bridgehead atoms. The Bertz CT molecular complexity index is 172. The van der Waals surface area contributed by atoms with Gasteiger partial charge in [0.05, 0.1) is 12.6 Å². The minimum absolute atomic E-state index is 0.357. The van der Waals surface area contributed by atoms with E-state index in [0.29, 0.717) is 12.6 Å². The van der Waals surface area contributed by atoms with Crippen LogP contribution in [0.25, 0.3) is 0 Å². The zero-order chi connectivity index (χ0) is 9.68. The van der Waals surface area contributed by atoms with Crippen molar-refractivity contribution in [1.29, 1.82) is 0 Å². The molecule has 1 N–H and O–H groups in total. The highest BCUT2D eigenvalue weighted by Gasteiger charge is 2.22. The Balaban J connectivity index is 2.22. The molecule has 2 atom stereocenters. The highest BCUT2D eigenvalue weighted by atomic mass is 16.3. The van der Waals surface area contributed by atoms with Crippen molar-refractivity contribution < 1.29 is 5.11 Å². The molecule has 76 valence electrons. The van der Waals surface area contributed by atoms with Gasteiger partial charge in [0.1, 0.15) is 0 Å². The van der Waals surface area contributed by atoms with E-state index in [0.717, 1.165) is 13.1 Å². The van der Waals surface area contributed by atoms with Crippen LogP contribution in [0.5, 0.6) is 0 Å². The quantitative estimate of drug-likeness (QED) is 0.662. The van der Waals surface area contributed by atoms with Gasteiger partial charge in [-0.1, -0.05) is 0 Å². The lowest BCUT2D eigenvalue weighted by molar-refractivity contribution is 0.114. The maximum atomic E-state index is 9.56. The van der Waals surface area contributed by atoms with Gasteiger partial charge < -0.3 is 5.11 Å². The number of azo groups is 1. The van der Waals surface area contributed by atoms with Gasteiger partial charge in [0.15, 0.2) is 0 Å². The molecule has 1 fully saturated rings. The Morgan fingerprint density at radius 2 is 2.38 bits per heavy atom. The molecule has 1 heterocycles. The molecule has 1 aliphatic rings. The van der Waals surface area contributed by atoms with Crippen LogP contribution in [0.4, 0.5) is 0 Å². The average Bonchev–Trinajstić information content (AvgIpc) is 2.48. The molecule has 4 nitrogen and oxygen atoms in total. The summed E-state index contributed by atoms with van der Waals surface area (Å²) in [5.74, 6) is 0. The number of hydrogen-bond donors (Lipinski definition) is 1. The second-order valence-corrected chi connectivity index (χ2v) is 3.66. The van der Waals surface area contributed by atoms with E-state index in [4.69, 9.17) is 0 Å². The van der Waals surface area contributed by atoms with E-state index >= 15 is 0 Å². The van der Waals surface area contributed by atoms with Gasteiger partial charge >= 0.3 is 0 Å². The normalized spacial score (nSPS) is 27.2. The first-order valence-corrected chi connectivity index (χ1v) is 4.91. The third-order valence-electron chi connectivity index (χ3n) is 2.57. The van der Waals surface area contributed by atoms with Crippen LogP contribution in [0.15, 0.2) is 10.2 Å². The van der Waals surface area contributed by atoms with Crippen LogP contribution in [-0.2, 0) is 0 Å². The average molecular weight is 185 g/mol. The predicted molar refractivity (Wildman–Crippen MR) is 51.9 cm³/mol. The van der Waals surface area contributed by atoms with Crippen LogP contribution in [0.1, 0.15) is 19.8 Å². The first-order chi connectivity index (χ1) is 6.24. The van der Waals surface area contributed by atoms with Gasteiger partial charge in [-0.05, 0) is 26.3 Å². The number of aliphatic hydroxyl groups is 1. The van der Waals surface area contributed by atoms with E-state index in [1.165, 1.54) is 12.8 Å². The molecule has 0 aliphatic carbocycles. The van der Waals surface area contributed by atoms with E-state index in [1.54, 1.807) is 7.05 Å². The Morgan fingerprint density at radius 1 is 1.62 bits per heavy atom. The van der Waals surface area contributed by atoms with Crippen molar-refractivity contribution in [2.75, 3.05) is 26.7 Å². The molecule has 0 aromatic rings. The first kappa shape index (κ1) is 10.6. The highest BCUT2D eigenvalue weighted by Crippen LogP contribution is 2.16. The summed E-state index contributed by atoms with van der Waals surface area (Å²) in [6.07, 6.45) is 2.15. The second kappa shape index (κ2) is 5.29. The zero-order valence-corrected chi connectivity index (χ0v) is 8.48. The molecular formula is C9H19N3O. The standard InChI is InChI=1S/C9H19N3O/c1-8-4-3-5-12(8)7-9(13)6-11-10-2/h8-9,13H,3-7H2,1-2H3/t8?,9-/m1/s1. The van der Waals surface area contributed by atoms with E-state index in [1.807, 2.05) is 0 Å². The lowest BCUT2D eigenvalue weighted by Gasteiger charge is -2.22. The van der Waals surface area contributed by atoms with Gasteiger partial charge in [0.2, 0.25) is 0 Å². The van der Waals surface area contributed by atoms with Crippen LogP contribution < -0.4 is 0 Å². The fourth-order valence-electron chi connectivity index (χ4n) is 1.77. The van der Waals surface area contributed by atoms with Crippen molar-refractivity contribution in [1.82, 2.24) is 4.90 Å². The summed E-state index contributed by atoms with van der Waals surface area (Å²) in [5, 5.41) is 17.0. The molecule has 1 rings (SSSR count). The van der Waals surface area contributed by atoms with Crippen molar-refractivity contribution in [3.8, 4) is 0 Å². The number of β-amino-alcohol motifs (C(OH)–C–C–N with tert-alkyl or cyclic N) is 1. The molecular weight excluding hydrogens is 166 g/mol. The largest absolute Gasteiger partial charge is 0.390 e.